The lowest BCUT2D eigenvalue weighted by Crippen LogP contribution is -2.30. The highest BCUT2D eigenvalue weighted by atomic mass is 19.1. The standard InChI is InChI=1S/C20H16FNO3/c1-13(19(23)22-16-11-9-15(21)10-12-16)25-20(24)18-8-4-6-14-5-2-3-7-17(14)18/h2-13H,1H3,(H,22,23)/t13-/m0/s1. The van der Waals surface area contributed by atoms with E-state index in [9.17, 15) is 14.0 Å². The van der Waals surface area contributed by atoms with Crippen molar-refractivity contribution in [3.63, 3.8) is 0 Å². The van der Waals surface area contributed by atoms with Gasteiger partial charge in [0.25, 0.3) is 5.91 Å². The first-order valence-corrected chi connectivity index (χ1v) is 7.80. The molecule has 0 fully saturated rings. The quantitative estimate of drug-likeness (QED) is 0.727. The first-order valence-electron chi connectivity index (χ1n) is 7.80. The van der Waals surface area contributed by atoms with Crippen molar-refractivity contribution in [1.29, 1.82) is 0 Å². The van der Waals surface area contributed by atoms with E-state index in [1.54, 1.807) is 12.1 Å². The molecule has 0 aliphatic heterocycles. The molecule has 0 heterocycles. The van der Waals surface area contributed by atoms with Crippen molar-refractivity contribution in [1.82, 2.24) is 0 Å². The van der Waals surface area contributed by atoms with Crippen LogP contribution in [0, 0.1) is 5.82 Å². The van der Waals surface area contributed by atoms with Crippen molar-refractivity contribution in [2.24, 2.45) is 0 Å². The largest absolute Gasteiger partial charge is 0.449 e. The van der Waals surface area contributed by atoms with E-state index in [1.165, 1.54) is 31.2 Å². The molecule has 25 heavy (non-hydrogen) atoms. The minimum absolute atomic E-state index is 0.395. The molecule has 1 N–H and O–H groups in total. The van der Waals surface area contributed by atoms with Crippen LogP contribution >= 0.6 is 0 Å². The van der Waals surface area contributed by atoms with E-state index in [0.717, 1.165) is 10.8 Å². The molecule has 3 aromatic carbocycles. The third kappa shape index (κ3) is 3.83. The van der Waals surface area contributed by atoms with Gasteiger partial charge >= 0.3 is 5.97 Å². The van der Waals surface area contributed by atoms with E-state index < -0.39 is 23.8 Å². The topological polar surface area (TPSA) is 55.4 Å². The minimum Gasteiger partial charge on any atom is -0.449 e. The second-order valence-electron chi connectivity index (χ2n) is 5.57. The van der Waals surface area contributed by atoms with Gasteiger partial charge in [-0.3, -0.25) is 4.79 Å². The monoisotopic (exact) mass is 337 g/mol. The Bertz CT molecular complexity index is 916. The molecule has 0 radical (unpaired) electrons. The number of carbonyl (C=O) groups is 2. The van der Waals surface area contributed by atoms with Crippen LogP contribution < -0.4 is 5.32 Å². The summed E-state index contributed by atoms with van der Waals surface area (Å²) in [7, 11) is 0. The number of ether oxygens (including phenoxy) is 1. The van der Waals surface area contributed by atoms with Gasteiger partial charge in [0, 0.05) is 5.69 Å². The number of amides is 1. The Morgan fingerprint density at radius 1 is 0.960 bits per heavy atom. The van der Waals surface area contributed by atoms with Crippen LogP contribution in [0.1, 0.15) is 17.3 Å². The number of fused-ring (bicyclic) bond motifs is 1. The Morgan fingerprint density at radius 3 is 2.40 bits per heavy atom. The third-order valence-electron chi connectivity index (χ3n) is 3.77. The van der Waals surface area contributed by atoms with Gasteiger partial charge in [-0.05, 0) is 48.0 Å². The van der Waals surface area contributed by atoms with E-state index in [0.29, 0.717) is 11.3 Å². The van der Waals surface area contributed by atoms with Crippen LogP contribution in [0.15, 0.2) is 66.7 Å². The summed E-state index contributed by atoms with van der Waals surface area (Å²) >= 11 is 0. The van der Waals surface area contributed by atoms with E-state index in [4.69, 9.17) is 4.74 Å². The Labute approximate surface area is 144 Å². The minimum atomic E-state index is -0.989. The van der Waals surface area contributed by atoms with Crippen LogP contribution in [0.5, 0.6) is 0 Å². The number of hydrogen-bond donors (Lipinski definition) is 1. The van der Waals surface area contributed by atoms with Crippen molar-refractivity contribution in [2.45, 2.75) is 13.0 Å². The number of carbonyl (C=O) groups excluding carboxylic acids is 2. The van der Waals surface area contributed by atoms with Gasteiger partial charge in [0.1, 0.15) is 5.82 Å². The Balaban J connectivity index is 1.71. The first kappa shape index (κ1) is 16.6. The predicted molar refractivity (Wildman–Crippen MR) is 93.9 cm³/mol. The predicted octanol–water partition coefficient (Wildman–Crippen LogP) is 4.16. The average molecular weight is 337 g/mol. The highest BCUT2D eigenvalue weighted by Crippen LogP contribution is 2.20. The molecule has 0 aromatic heterocycles. The van der Waals surface area contributed by atoms with Gasteiger partial charge in [0.05, 0.1) is 5.56 Å². The van der Waals surface area contributed by atoms with Gasteiger partial charge in [-0.25, -0.2) is 9.18 Å². The van der Waals surface area contributed by atoms with Gasteiger partial charge in [0.15, 0.2) is 6.10 Å². The van der Waals surface area contributed by atoms with Gasteiger partial charge in [-0.2, -0.15) is 0 Å². The van der Waals surface area contributed by atoms with Crippen molar-refractivity contribution >= 4 is 28.3 Å². The fourth-order valence-corrected chi connectivity index (χ4v) is 2.46. The maximum absolute atomic E-state index is 12.9. The van der Waals surface area contributed by atoms with Gasteiger partial charge < -0.3 is 10.1 Å². The summed E-state index contributed by atoms with van der Waals surface area (Å²) in [6.07, 6.45) is -0.989. The zero-order valence-corrected chi connectivity index (χ0v) is 13.5. The summed E-state index contributed by atoms with van der Waals surface area (Å²) in [6.45, 7) is 1.49. The lowest BCUT2D eigenvalue weighted by Gasteiger charge is -2.14. The number of anilines is 1. The molecule has 0 aliphatic rings. The summed E-state index contributed by atoms with van der Waals surface area (Å²) in [4.78, 5) is 24.6. The Hall–Kier alpha value is -3.21. The fourth-order valence-electron chi connectivity index (χ4n) is 2.46. The highest BCUT2D eigenvalue weighted by Gasteiger charge is 2.20. The highest BCUT2D eigenvalue weighted by molar-refractivity contribution is 6.05. The van der Waals surface area contributed by atoms with E-state index in [-0.39, 0.29) is 0 Å². The van der Waals surface area contributed by atoms with Crippen LogP contribution in [0.2, 0.25) is 0 Å². The third-order valence-corrected chi connectivity index (χ3v) is 3.77. The van der Waals surface area contributed by atoms with Gasteiger partial charge in [-0.1, -0.05) is 36.4 Å². The zero-order valence-electron chi connectivity index (χ0n) is 13.5. The van der Waals surface area contributed by atoms with Crippen LogP contribution in [-0.2, 0) is 9.53 Å². The molecule has 0 saturated heterocycles. The molecule has 0 aliphatic carbocycles. The SMILES string of the molecule is C[C@H](OC(=O)c1cccc2ccccc12)C(=O)Nc1ccc(F)cc1. The normalized spacial score (nSPS) is 11.8. The van der Waals surface area contributed by atoms with Crippen LogP contribution in [0.4, 0.5) is 10.1 Å². The summed E-state index contributed by atoms with van der Waals surface area (Å²) in [5.41, 5.74) is 0.832. The molecule has 3 aromatic rings. The molecule has 1 amide bonds. The molecule has 0 saturated carbocycles. The molecule has 5 heteroatoms. The average Bonchev–Trinajstić information content (AvgIpc) is 2.63. The Morgan fingerprint density at radius 2 is 1.64 bits per heavy atom. The molecule has 126 valence electrons. The molecule has 4 nitrogen and oxygen atoms in total. The molecule has 1 atom stereocenters. The molecule has 0 unspecified atom stereocenters. The smallest absolute Gasteiger partial charge is 0.339 e. The first-order chi connectivity index (χ1) is 12.0. The van der Waals surface area contributed by atoms with Crippen molar-refractivity contribution in [3.8, 4) is 0 Å². The molecule has 0 bridgehead atoms. The maximum atomic E-state index is 12.9. The van der Waals surface area contributed by atoms with Gasteiger partial charge in [0.2, 0.25) is 0 Å². The zero-order chi connectivity index (χ0) is 17.8. The lowest BCUT2D eigenvalue weighted by molar-refractivity contribution is -0.123. The number of halogens is 1. The van der Waals surface area contributed by atoms with Gasteiger partial charge in [-0.15, -0.1) is 0 Å². The summed E-state index contributed by atoms with van der Waals surface area (Å²) in [5, 5.41) is 4.26. The van der Waals surface area contributed by atoms with Crippen LogP contribution in [0.3, 0.4) is 0 Å². The van der Waals surface area contributed by atoms with Crippen LogP contribution in [-0.4, -0.2) is 18.0 Å². The van der Waals surface area contributed by atoms with Crippen molar-refractivity contribution in [2.75, 3.05) is 5.32 Å². The number of esters is 1. The second kappa shape index (κ2) is 7.13. The van der Waals surface area contributed by atoms with E-state index in [2.05, 4.69) is 5.32 Å². The molecule has 0 spiro atoms. The maximum Gasteiger partial charge on any atom is 0.339 e. The molecule has 3 rings (SSSR count). The molecular formula is C20H16FNO3. The van der Waals surface area contributed by atoms with E-state index in [1.807, 2.05) is 30.3 Å². The van der Waals surface area contributed by atoms with Crippen molar-refractivity contribution < 1.29 is 18.7 Å². The van der Waals surface area contributed by atoms with E-state index >= 15 is 0 Å². The molecular weight excluding hydrogens is 321 g/mol. The number of nitrogens with one attached hydrogen (secondary N) is 1. The second-order valence-corrected chi connectivity index (χ2v) is 5.57. The number of benzene rings is 3. The fraction of sp³-hybridized carbons (Fsp3) is 0.100. The van der Waals surface area contributed by atoms with Crippen LogP contribution in [0.25, 0.3) is 10.8 Å². The Kier molecular flexibility index (Phi) is 4.75. The number of hydrogen-bond acceptors (Lipinski definition) is 3. The summed E-state index contributed by atoms with van der Waals surface area (Å²) < 4.78 is 18.2. The number of rotatable bonds is 4. The summed E-state index contributed by atoms with van der Waals surface area (Å²) in [5.74, 6) is -1.45. The van der Waals surface area contributed by atoms with Crippen molar-refractivity contribution in [3.05, 3.63) is 78.1 Å². The summed E-state index contributed by atoms with van der Waals surface area (Å²) in [6, 6.07) is 18.1. The lowest BCUT2D eigenvalue weighted by atomic mass is 10.0.